The molecular weight excluding hydrogens is 330 g/mol. The van der Waals surface area contributed by atoms with Crippen LogP contribution in [0.4, 0.5) is 0 Å². The number of benzene rings is 2. The number of rotatable bonds is 7. The lowest BCUT2D eigenvalue weighted by Crippen LogP contribution is -2.39. The molecule has 6 heteroatoms. The molecule has 6 nitrogen and oxygen atoms in total. The van der Waals surface area contributed by atoms with Gasteiger partial charge in [-0.15, -0.1) is 0 Å². The number of hydrogen-bond donors (Lipinski definition) is 2. The number of nitrogens with zero attached hydrogens (tertiary/aromatic N) is 1. The van der Waals surface area contributed by atoms with Gasteiger partial charge in [-0.1, -0.05) is 43.0 Å². The minimum atomic E-state index is -0.824. The predicted octanol–water partition coefficient (Wildman–Crippen LogP) is 2.58. The van der Waals surface area contributed by atoms with Crippen molar-refractivity contribution in [1.82, 2.24) is 10.7 Å². The summed E-state index contributed by atoms with van der Waals surface area (Å²) in [7, 11) is 0. The first-order chi connectivity index (χ1) is 12.6. The normalized spacial score (nSPS) is 11.6. The molecule has 0 radical (unpaired) electrons. The highest BCUT2D eigenvalue weighted by molar-refractivity contribution is 6.35. The van der Waals surface area contributed by atoms with Crippen molar-refractivity contribution in [2.24, 2.45) is 5.10 Å². The molecule has 0 fully saturated rings. The average Bonchev–Trinajstić information content (AvgIpc) is 2.67. The van der Waals surface area contributed by atoms with Crippen molar-refractivity contribution < 1.29 is 14.3 Å². The Morgan fingerprint density at radius 1 is 1.12 bits per heavy atom. The van der Waals surface area contributed by atoms with E-state index in [1.165, 1.54) is 6.21 Å². The number of hydrogen-bond acceptors (Lipinski definition) is 4. The standard InChI is InChI=1S/C20H21N3O3/c1-3-13-26-18-11-9-16(10-12-18)14-21-23-20(25)19(24)22-15(2)17-7-5-4-6-8-17/h3-12,14-15H,1,13H2,2H3,(H,22,24)(H,23,25)/t15-/m0/s1. The Balaban J connectivity index is 1.82. The monoisotopic (exact) mass is 351 g/mol. The molecule has 0 aliphatic rings. The van der Waals surface area contributed by atoms with Crippen LogP contribution in [0.25, 0.3) is 0 Å². The van der Waals surface area contributed by atoms with E-state index in [1.54, 1.807) is 37.3 Å². The molecule has 0 bridgehead atoms. The maximum atomic E-state index is 11.9. The van der Waals surface area contributed by atoms with E-state index in [1.807, 2.05) is 30.3 Å². The number of nitrogens with one attached hydrogen (secondary N) is 2. The van der Waals surface area contributed by atoms with Crippen molar-refractivity contribution in [1.29, 1.82) is 0 Å². The topological polar surface area (TPSA) is 79.8 Å². The zero-order valence-corrected chi connectivity index (χ0v) is 14.5. The number of ether oxygens (including phenoxy) is 1. The van der Waals surface area contributed by atoms with Gasteiger partial charge >= 0.3 is 11.8 Å². The van der Waals surface area contributed by atoms with Crippen LogP contribution in [0.15, 0.2) is 72.4 Å². The van der Waals surface area contributed by atoms with E-state index in [4.69, 9.17) is 4.74 Å². The molecule has 0 spiro atoms. The van der Waals surface area contributed by atoms with E-state index in [2.05, 4.69) is 22.4 Å². The smallest absolute Gasteiger partial charge is 0.329 e. The third-order valence-electron chi connectivity index (χ3n) is 3.48. The first-order valence-electron chi connectivity index (χ1n) is 8.12. The summed E-state index contributed by atoms with van der Waals surface area (Å²) in [5.41, 5.74) is 3.88. The van der Waals surface area contributed by atoms with Gasteiger partial charge in [0.1, 0.15) is 12.4 Å². The summed E-state index contributed by atoms with van der Waals surface area (Å²) in [5.74, 6) is -0.859. The lowest BCUT2D eigenvalue weighted by atomic mass is 10.1. The quantitative estimate of drug-likeness (QED) is 0.348. The molecule has 2 aromatic carbocycles. The van der Waals surface area contributed by atoms with Crippen molar-refractivity contribution >= 4 is 18.0 Å². The highest BCUT2D eigenvalue weighted by Gasteiger charge is 2.16. The first-order valence-corrected chi connectivity index (χ1v) is 8.12. The average molecular weight is 351 g/mol. The van der Waals surface area contributed by atoms with Gasteiger partial charge in [0.2, 0.25) is 0 Å². The number of carbonyl (C=O) groups excluding carboxylic acids is 2. The molecule has 0 heterocycles. The summed E-state index contributed by atoms with van der Waals surface area (Å²) in [6.45, 7) is 5.82. The van der Waals surface area contributed by atoms with E-state index in [9.17, 15) is 9.59 Å². The van der Waals surface area contributed by atoms with Crippen molar-refractivity contribution in [3.8, 4) is 5.75 Å². The number of hydrazone groups is 1. The Kier molecular flexibility index (Phi) is 7.12. The maximum Gasteiger partial charge on any atom is 0.329 e. The molecule has 0 saturated heterocycles. The fourth-order valence-corrected chi connectivity index (χ4v) is 2.11. The van der Waals surface area contributed by atoms with Crippen LogP contribution in [-0.4, -0.2) is 24.6 Å². The summed E-state index contributed by atoms with van der Waals surface area (Å²) in [6, 6.07) is 16.2. The van der Waals surface area contributed by atoms with Crippen molar-refractivity contribution in [2.45, 2.75) is 13.0 Å². The Hall–Kier alpha value is -3.41. The second-order valence-corrected chi connectivity index (χ2v) is 5.47. The summed E-state index contributed by atoms with van der Waals surface area (Å²) >= 11 is 0. The van der Waals surface area contributed by atoms with Gasteiger partial charge in [0, 0.05) is 0 Å². The predicted molar refractivity (Wildman–Crippen MR) is 101 cm³/mol. The van der Waals surface area contributed by atoms with Crippen LogP contribution in [0.5, 0.6) is 5.75 Å². The lowest BCUT2D eigenvalue weighted by Gasteiger charge is -2.13. The molecule has 1 atom stereocenters. The Morgan fingerprint density at radius 2 is 1.81 bits per heavy atom. The van der Waals surface area contributed by atoms with Crippen molar-refractivity contribution in [2.75, 3.05) is 6.61 Å². The van der Waals surface area contributed by atoms with Crippen LogP contribution in [0.3, 0.4) is 0 Å². The van der Waals surface area contributed by atoms with Crippen LogP contribution in [0.1, 0.15) is 24.1 Å². The molecule has 2 amide bonds. The Labute approximate surface area is 152 Å². The Bertz CT molecular complexity index is 771. The minimum absolute atomic E-state index is 0.276. The zero-order valence-electron chi connectivity index (χ0n) is 14.5. The van der Waals surface area contributed by atoms with Crippen LogP contribution in [-0.2, 0) is 9.59 Å². The van der Waals surface area contributed by atoms with Crippen LogP contribution in [0.2, 0.25) is 0 Å². The highest BCUT2D eigenvalue weighted by atomic mass is 16.5. The van der Waals surface area contributed by atoms with E-state index in [-0.39, 0.29) is 6.04 Å². The fourth-order valence-electron chi connectivity index (χ4n) is 2.11. The molecule has 0 unspecified atom stereocenters. The van der Waals surface area contributed by atoms with Gasteiger partial charge in [0.15, 0.2) is 0 Å². The van der Waals surface area contributed by atoms with Crippen LogP contribution < -0.4 is 15.5 Å². The van der Waals surface area contributed by atoms with Gasteiger partial charge in [-0.05, 0) is 42.3 Å². The van der Waals surface area contributed by atoms with Gasteiger partial charge in [0.05, 0.1) is 12.3 Å². The SMILES string of the molecule is C=CCOc1ccc(C=NNC(=O)C(=O)N[C@@H](C)c2ccccc2)cc1. The molecule has 26 heavy (non-hydrogen) atoms. The summed E-state index contributed by atoms with van der Waals surface area (Å²) < 4.78 is 5.37. The number of amides is 2. The first kappa shape index (κ1) is 18.9. The second kappa shape index (κ2) is 9.78. The maximum absolute atomic E-state index is 11.9. The fraction of sp³-hybridized carbons (Fsp3) is 0.150. The van der Waals surface area contributed by atoms with E-state index in [0.717, 1.165) is 11.1 Å². The third kappa shape index (κ3) is 5.90. The molecular formula is C20H21N3O3. The van der Waals surface area contributed by atoms with E-state index >= 15 is 0 Å². The van der Waals surface area contributed by atoms with E-state index in [0.29, 0.717) is 12.4 Å². The van der Waals surface area contributed by atoms with Crippen LogP contribution >= 0.6 is 0 Å². The van der Waals surface area contributed by atoms with Crippen molar-refractivity contribution in [3.05, 3.63) is 78.4 Å². The van der Waals surface area contributed by atoms with Gasteiger partial charge in [-0.3, -0.25) is 9.59 Å². The summed E-state index contributed by atoms with van der Waals surface area (Å²) in [4.78, 5) is 23.7. The van der Waals surface area contributed by atoms with Gasteiger partial charge in [0.25, 0.3) is 0 Å². The zero-order chi connectivity index (χ0) is 18.8. The molecule has 0 aromatic heterocycles. The molecule has 0 saturated carbocycles. The van der Waals surface area contributed by atoms with Gasteiger partial charge in [-0.25, -0.2) is 5.43 Å². The van der Waals surface area contributed by atoms with E-state index < -0.39 is 11.8 Å². The van der Waals surface area contributed by atoms with Crippen LogP contribution in [0, 0.1) is 0 Å². The molecule has 2 N–H and O–H groups in total. The summed E-state index contributed by atoms with van der Waals surface area (Å²) in [6.07, 6.45) is 3.11. The summed E-state index contributed by atoms with van der Waals surface area (Å²) in [5, 5.41) is 6.41. The highest BCUT2D eigenvalue weighted by Crippen LogP contribution is 2.11. The molecule has 0 aliphatic carbocycles. The molecule has 0 aliphatic heterocycles. The molecule has 2 aromatic rings. The minimum Gasteiger partial charge on any atom is -0.490 e. The molecule has 2 rings (SSSR count). The van der Waals surface area contributed by atoms with Gasteiger partial charge < -0.3 is 10.1 Å². The second-order valence-electron chi connectivity index (χ2n) is 5.47. The third-order valence-corrected chi connectivity index (χ3v) is 3.48. The van der Waals surface area contributed by atoms with Gasteiger partial charge in [-0.2, -0.15) is 5.10 Å². The Morgan fingerprint density at radius 3 is 2.46 bits per heavy atom. The molecule has 134 valence electrons. The largest absolute Gasteiger partial charge is 0.490 e. The number of carbonyl (C=O) groups is 2. The lowest BCUT2D eigenvalue weighted by molar-refractivity contribution is -0.139. The van der Waals surface area contributed by atoms with Crippen molar-refractivity contribution in [3.63, 3.8) is 0 Å².